The van der Waals surface area contributed by atoms with Gasteiger partial charge in [-0.15, -0.1) is 0 Å². The third-order valence-electron chi connectivity index (χ3n) is 7.20. The number of halogens is 2. The van der Waals surface area contributed by atoms with Gasteiger partial charge in [-0.1, -0.05) is 49.7 Å². The number of benzene rings is 2. The maximum Gasteiger partial charge on any atom is 0.242 e. The molecule has 0 bridgehead atoms. The summed E-state index contributed by atoms with van der Waals surface area (Å²) in [6.45, 7) is 11.1. The van der Waals surface area contributed by atoms with Crippen molar-refractivity contribution in [2.75, 3.05) is 20.3 Å². The molecular formula is C30H40ClFN4O3. The zero-order chi connectivity index (χ0) is 29.0. The molecule has 39 heavy (non-hydrogen) atoms. The molecule has 7 nitrogen and oxygen atoms in total. The first-order chi connectivity index (χ1) is 18.3. The molecule has 0 fully saturated rings. The van der Waals surface area contributed by atoms with Crippen molar-refractivity contribution < 1.29 is 18.7 Å². The molecule has 0 aliphatic rings. The topological polar surface area (TPSA) is 96.1 Å². The lowest BCUT2D eigenvalue weighted by Crippen LogP contribution is -2.55. The highest BCUT2D eigenvalue weighted by atomic mass is 35.5. The van der Waals surface area contributed by atoms with Crippen LogP contribution in [-0.4, -0.2) is 53.8 Å². The Bertz CT molecular complexity index is 1300. The van der Waals surface area contributed by atoms with E-state index in [4.69, 9.17) is 21.3 Å². The fraction of sp³-hybridized carbons (Fsp3) is 0.500. The molecule has 3 N–H and O–H groups in total. The number of aromatic nitrogens is 2. The second-order valence-corrected chi connectivity index (χ2v) is 11.5. The maximum atomic E-state index is 15.3. The Hall–Kier alpha value is -2.97. The average molecular weight is 559 g/mol. The van der Waals surface area contributed by atoms with Gasteiger partial charge in [-0.3, -0.25) is 9.59 Å². The van der Waals surface area contributed by atoms with E-state index in [1.807, 2.05) is 57.2 Å². The van der Waals surface area contributed by atoms with Crippen LogP contribution in [0.4, 0.5) is 4.39 Å². The highest BCUT2D eigenvalue weighted by molar-refractivity contribution is 6.31. The smallest absolute Gasteiger partial charge is 0.242 e. The van der Waals surface area contributed by atoms with Gasteiger partial charge in [0, 0.05) is 31.0 Å². The molecule has 2 unspecified atom stereocenters. The van der Waals surface area contributed by atoms with Crippen LogP contribution in [-0.2, 0) is 26.2 Å². The van der Waals surface area contributed by atoms with Crippen LogP contribution >= 0.6 is 11.6 Å². The second kappa shape index (κ2) is 12.5. The lowest BCUT2D eigenvalue weighted by Gasteiger charge is -2.31. The van der Waals surface area contributed by atoms with E-state index in [0.717, 1.165) is 11.1 Å². The van der Waals surface area contributed by atoms with Crippen molar-refractivity contribution in [3.05, 3.63) is 64.4 Å². The molecule has 0 spiro atoms. The summed E-state index contributed by atoms with van der Waals surface area (Å²) < 4.78 is 20.8. The first kappa shape index (κ1) is 30.6. The normalized spacial score (nSPS) is 15.1. The van der Waals surface area contributed by atoms with E-state index < -0.39 is 23.0 Å². The molecule has 1 heterocycles. The molecule has 3 rings (SSSR count). The van der Waals surface area contributed by atoms with Crippen molar-refractivity contribution in [1.82, 2.24) is 20.6 Å². The van der Waals surface area contributed by atoms with E-state index in [1.54, 1.807) is 26.8 Å². The van der Waals surface area contributed by atoms with Crippen LogP contribution in [0, 0.1) is 5.92 Å². The predicted molar refractivity (Wildman–Crippen MR) is 154 cm³/mol. The van der Waals surface area contributed by atoms with Gasteiger partial charge in [0.15, 0.2) is 0 Å². The van der Waals surface area contributed by atoms with Crippen LogP contribution in [0.25, 0.3) is 11.0 Å². The Labute approximate surface area is 235 Å². The minimum atomic E-state index is -1.54. The summed E-state index contributed by atoms with van der Waals surface area (Å²) in [4.78, 5) is 34.2. The van der Waals surface area contributed by atoms with Crippen molar-refractivity contribution in [1.29, 1.82) is 0 Å². The number of H-pyrrole nitrogens is 1. The SMILES string of the molecule is CCNC(=O)[C@H](NC(=O)C(C)(COC)c1ccc2nc(CC(c3ccccc3Cl)C(C)(C)F)[nH]c2c1)C(C)C. The largest absolute Gasteiger partial charge is 0.383 e. The molecule has 2 amide bonds. The lowest BCUT2D eigenvalue weighted by atomic mass is 9.81. The number of likely N-dealkylation sites (N-methyl/N-ethyl adjacent to an activating group) is 1. The van der Waals surface area contributed by atoms with Gasteiger partial charge in [0.05, 0.1) is 23.1 Å². The Balaban J connectivity index is 1.95. The van der Waals surface area contributed by atoms with Gasteiger partial charge < -0.3 is 20.4 Å². The van der Waals surface area contributed by atoms with E-state index >= 15 is 4.39 Å². The summed E-state index contributed by atoms with van der Waals surface area (Å²) in [7, 11) is 1.54. The number of nitrogens with one attached hydrogen (secondary N) is 3. The lowest BCUT2D eigenvalue weighted by molar-refractivity contribution is -0.134. The van der Waals surface area contributed by atoms with Crippen LogP contribution in [0.15, 0.2) is 42.5 Å². The number of ether oxygens (including phenoxy) is 1. The highest BCUT2D eigenvalue weighted by Crippen LogP contribution is 2.38. The molecular weight excluding hydrogens is 519 g/mol. The Morgan fingerprint density at radius 1 is 1.15 bits per heavy atom. The van der Waals surface area contributed by atoms with E-state index in [9.17, 15) is 9.59 Å². The summed E-state index contributed by atoms with van der Waals surface area (Å²) in [5.41, 5.74) is 0.235. The van der Waals surface area contributed by atoms with E-state index in [1.165, 1.54) is 7.11 Å². The van der Waals surface area contributed by atoms with Crippen LogP contribution in [0.5, 0.6) is 0 Å². The fourth-order valence-electron chi connectivity index (χ4n) is 4.86. The number of carbonyl (C=O) groups is 2. The number of imidazole rings is 1. The van der Waals surface area contributed by atoms with Gasteiger partial charge in [0.2, 0.25) is 11.8 Å². The van der Waals surface area contributed by atoms with Crippen molar-refractivity contribution in [2.24, 2.45) is 5.92 Å². The van der Waals surface area contributed by atoms with Gasteiger partial charge in [-0.25, -0.2) is 9.37 Å². The van der Waals surface area contributed by atoms with Gasteiger partial charge in [0.1, 0.15) is 17.5 Å². The van der Waals surface area contributed by atoms with Crippen LogP contribution in [0.2, 0.25) is 5.02 Å². The standard InChI is InChI=1S/C30H40ClFN4O3/c1-8-33-27(37)26(18(2)3)36-28(38)30(6,17-39-7)19-13-14-23-24(15-19)35-25(34-23)16-21(29(4,5)32)20-11-9-10-12-22(20)31/h9-15,18,21,26H,8,16-17H2,1-7H3,(H,33,37)(H,34,35)(H,36,38)/t21?,26-,30?/m1/s1. The van der Waals surface area contributed by atoms with Crippen molar-refractivity contribution in [3.8, 4) is 0 Å². The van der Waals surface area contributed by atoms with Crippen molar-refractivity contribution >= 4 is 34.4 Å². The molecule has 0 saturated heterocycles. The van der Waals surface area contributed by atoms with E-state index in [2.05, 4.69) is 15.6 Å². The van der Waals surface area contributed by atoms with Gasteiger partial charge in [-0.2, -0.15) is 0 Å². The molecule has 0 radical (unpaired) electrons. The number of fused-ring (bicyclic) bond motifs is 1. The second-order valence-electron chi connectivity index (χ2n) is 11.1. The van der Waals surface area contributed by atoms with E-state index in [-0.39, 0.29) is 24.3 Å². The number of amides is 2. The molecule has 0 aliphatic carbocycles. The summed E-state index contributed by atoms with van der Waals surface area (Å²) in [5, 5.41) is 6.24. The van der Waals surface area contributed by atoms with Crippen LogP contribution < -0.4 is 10.6 Å². The minimum Gasteiger partial charge on any atom is -0.383 e. The number of hydrogen-bond acceptors (Lipinski definition) is 4. The first-order valence-corrected chi connectivity index (χ1v) is 13.7. The van der Waals surface area contributed by atoms with Crippen LogP contribution in [0.1, 0.15) is 64.4 Å². The maximum absolute atomic E-state index is 15.3. The van der Waals surface area contributed by atoms with Crippen molar-refractivity contribution in [3.63, 3.8) is 0 Å². The minimum absolute atomic E-state index is 0.101. The molecule has 0 aliphatic heterocycles. The zero-order valence-electron chi connectivity index (χ0n) is 23.8. The number of nitrogens with zero attached hydrogens (tertiary/aromatic N) is 1. The Kier molecular flexibility index (Phi) is 9.78. The molecule has 9 heteroatoms. The molecule has 2 aromatic carbocycles. The quantitative estimate of drug-likeness (QED) is 0.274. The summed E-state index contributed by atoms with van der Waals surface area (Å²) in [6, 6.07) is 12.1. The Morgan fingerprint density at radius 3 is 2.44 bits per heavy atom. The molecule has 0 saturated carbocycles. The molecule has 3 aromatic rings. The fourth-order valence-corrected chi connectivity index (χ4v) is 5.13. The third-order valence-corrected chi connectivity index (χ3v) is 7.54. The first-order valence-electron chi connectivity index (χ1n) is 13.3. The number of carbonyl (C=O) groups excluding carboxylic acids is 2. The van der Waals surface area contributed by atoms with E-state index in [0.29, 0.717) is 34.9 Å². The van der Waals surface area contributed by atoms with Crippen LogP contribution in [0.3, 0.4) is 0 Å². The number of methoxy groups -OCH3 is 1. The molecule has 212 valence electrons. The molecule has 3 atom stereocenters. The average Bonchev–Trinajstić information content (AvgIpc) is 3.27. The summed E-state index contributed by atoms with van der Waals surface area (Å²) in [6.07, 6.45) is 0.315. The number of hydrogen-bond donors (Lipinski definition) is 3. The highest BCUT2D eigenvalue weighted by Gasteiger charge is 2.39. The molecule has 1 aromatic heterocycles. The third kappa shape index (κ3) is 6.97. The number of aromatic amines is 1. The monoisotopic (exact) mass is 558 g/mol. The summed E-state index contributed by atoms with van der Waals surface area (Å²) in [5.74, 6) is -0.537. The number of rotatable bonds is 12. The number of alkyl halides is 1. The van der Waals surface area contributed by atoms with Gasteiger partial charge >= 0.3 is 0 Å². The predicted octanol–water partition coefficient (Wildman–Crippen LogP) is 5.47. The zero-order valence-corrected chi connectivity index (χ0v) is 24.6. The Morgan fingerprint density at radius 2 is 1.85 bits per heavy atom. The van der Waals surface area contributed by atoms with Gasteiger partial charge in [-0.05, 0) is 62.9 Å². The van der Waals surface area contributed by atoms with Gasteiger partial charge in [0.25, 0.3) is 0 Å². The summed E-state index contributed by atoms with van der Waals surface area (Å²) >= 11 is 6.42. The van der Waals surface area contributed by atoms with Crippen molar-refractivity contribution in [2.45, 2.75) is 71.0 Å².